The molecule has 1 aliphatic rings. The van der Waals surface area contributed by atoms with Crippen LogP contribution in [0.2, 0.25) is 25.7 Å². The smallest absolute Gasteiger partial charge is 0.137 e. The van der Waals surface area contributed by atoms with Crippen LogP contribution in [0.3, 0.4) is 0 Å². The number of nitrogens with one attached hydrogen (secondary N) is 1. The zero-order chi connectivity index (χ0) is 12.2. The Morgan fingerprint density at radius 3 is 2.75 bits per heavy atom. The van der Waals surface area contributed by atoms with Crippen LogP contribution in [0.4, 0.5) is 0 Å². The molecule has 0 saturated carbocycles. The van der Waals surface area contributed by atoms with Crippen LogP contribution in [0.1, 0.15) is 0 Å². The minimum atomic E-state index is -0.997. The summed E-state index contributed by atoms with van der Waals surface area (Å²) in [6, 6.07) is 1.18. The predicted octanol–water partition coefficient (Wildman–Crippen LogP) is 3.44. The van der Waals surface area contributed by atoms with E-state index < -0.39 is 8.07 Å². The first-order chi connectivity index (χ1) is 7.37. The summed E-state index contributed by atoms with van der Waals surface area (Å²) in [7, 11) is -0.997. The van der Waals surface area contributed by atoms with Crippen molar-refractivity contribution in [3.63, 3.8) is 0 Å². The van der Waals surface area contributed by atoms with E-state index in [1.165, 1.54) is 6.04 Å². The fraction of sp³-hybridized carbons (Fsp3) is 0.600. The summed E-state index contributed by atoms with van der Waals surface area (Å²) >= 11 is 9.26. The van der Waals surface area contributed by atoms with Crippen LogP contribution in [0.5, 0.6) is 0 Å². The van der Waals surface area contributed by atoms with E-state index in [1.54, 1.807) is 6.08 Å². The molecular formula is C10H18BrClN2OSi. The Kier molecular flexibility index (Phi) is 5.37. The van der Waals surface area contributed by atoms with Crippen molar-refractivity contribution < 1.29 is 4.74 Å². The van der Waals surface area contributed by atoms with E-state index in [2.05, 4.69) is 41.0 Å². The van der Waals surface area contributed by atoms with Crippen molar-refractivity contribution in [1.82, 2.24) is 10.4 Å². The summed E-state index contributed by atoms with van der Waals surface area (Å²) in [5.41, 5.74) is 2.98. The van der Waals surface area contributed by atoms with Crippen LogP contribution in [0.25, 0.3) is 0 Å². The van der Waals surface area contributed by atoms with E-state index in [-0.39, 0.29) is 0 Å². The highest BCUT2D eigenvalue weighted by molar-refractivity contribution is 9.11. The van der Waals surface area contributed by atoms with E-state index in [0.717, 1.165) is 11.1 Å². The maximum absolute atomic E-state index is 5.88. The number of hydrogen-bond acceptors (Lipinski definition) is 3. The predicted molar refractivity (Wildman–Crippen MR) is 74.9 cm³/mol. The van der Waals surface area contributed by atoms with Crippen LogP contribution in [-0.4, -0.2) is 26.4 Å². The van der Waals surface area contributed by atoms with Crippen LogP contribution in [0.15, 0.2) is 21.9 Å². The van der Waals surface area contributed by atoms with E-state index in [1.807, 2.05) is 11.2 Å². The maximum Gasteiger partial charge on any atom is 0.137 e. The van der Waals surface area contributed by atoms with Crippen molar-refractivity contribution in [1.29, 1.82) is 0 Å². The molecule has 16 heavy (non-hydrogen) atoms. The van der Waals surface area contributed by atoms with E-state index >= 15 is 0 Å². The van der Waals surface area contributed by atoms with Crippen molar-refractivity contribution >= 4 is 35.6 Å². The Labute approximate surface area is 112 Å². The van der Waals surface area contributed by atoms with Gasteiger partial charge in [-0.2, -0.15) is 0 Å². The molecule has 0 fully saturated rings. The van der Waals surface area contributed by atoms with Crippen LogP contribution >= 0.6 is 27.5 Å². The highest BCUT2D eigenvalue weighted by Gasteiger charge is 2.13. The summed E-state index contributed by atoms with van der Waals surface area (Å²) in [6.45, 7) is 8.33. The Bertz CT molecular complexity index is 302. The molecule has 6 heteroatoms. The van der Waals surface area contributed by atoms with Gasteiger partial charge in [0.05, 0.1) is 0 Å². The molecule has 0 aromatic rings. The minimum absolute atomic E-state index is 0.504. The molecule has 0 radical (unpaired) electrons. The van der Waals surface area contributed by atoms with Gasteiger partial charge in [0.2, 0.25) is 0 Å². The summed E-state index contributed by atoms with van der Waals surface area (Å²) in [5, 5.41) is 2.40. The Hall–Kier alpha value is 0.0269. The SMILES string of the molecule is C[Si](C)(C)CCOCN1C=C(Br)C=C(Cl)N1. The van der Waals surface area contributed by atoms with Gasteiger partial charge in [-0.3, -0.25) is 10.4 Å². The van der Waals surface area contributed by atoms with E-state index in [0.29, 0.717) is 11.9 Å². The topological polar surface area (TPSA) is 24.5 Å². The standard InChI is InChI=1S/C10H18BrClN2OSi/c1-16(2,3)5-4-15-8-14-7-9(11)6-10(12)13-14/h6-7,13H,4-5,8H2,1-3H3. The van der Waals surface area contributed by atoms with Gasteiger partial charge in [0.1, 0.15) is 11.9 Å². The first-order valence-electron chi connectivity index (χ1n) is 5.22. The molecule has 0 aromatic carbocycles. The van der Waals surface area contributed by atoms with Crippen molar-refractivity contribution in [2.45, 2.75) is 25.7 Å². The quantitative estimate of drug-likeness (QED) is 0.476. The number of rotatable bonds is 5. The normalized spacial score (nSPS) is 16.7. The number of ether oxygens (including phenoxy) is 1. The van der Waals surface area contributed by atoms with Gasteiger partial charge in [-0.1, -0.05) is 31.2 Å². The maximum atomic E-state index is 5.88. The van der Waals surface area contributed by atoms with Crippen LogP contribution in [0, 0.1) is 0 Å². The number of allylic oxidation sites excluding steroid dienone is 2. The van der Waals surface area contributed by atoms with Gasteiger partial charge in [0, 0.05) is 25.4 Å². The second-order valence-corrected chi connectivity index (χ2v) is 11.9. The first kappa shape index (κ1) is 14.1. The fourth-order valence-corrected chi connectivity index (χ4v) is 2.71. The van der Waals surface area contributed by atoms with Gasteiger partial charge < -0.3 is 4.74 Å². The molecule has 0 saturated heterocycles. The Morgan fingerprint density at radius 2 is 2.19 bits per heavy atom. The second kappa shape index (κ2) is 6.09. The second-order valence-electron chi connectivity index (χ2n) is 4.94. The average molecular weight is 326 g/mol. The molecule has 0 unspecified atom stereocenters. The zero-order valence-electron chi connectivity index (χ0n) is 9.89. The van der Waals surface area contributed by atoms with Crippen molar-refractivity contribution in [3.8, 4) is 0 Å². The highest BCUT2D eigenvalue weighted by atomic mass is 79.9. The minimum Gasteiger partial charge on any atom is -0.360 e. The number of hydrogen-bond donors (Lipinski definition) is 1. The third kappa shape index (κ3) is 5.93. The lowest BCUT2D eigenvalue weighted by atomic mass is 10.5. The lowest BCUT2D eigenvalue weighted by Gasteiger charge is -2.25. The van der Waals surface area contributed by atoms with Gasteiger partial charge in [0.15, 0.2) is 0 Å². The van der Waals surface area contributed by atoms with E-state index in [9.17, 15) is 0 Å². The van der Waals surface area contributed by atoms with Crippen LogP contribution < -0.4 is 5.43 Å². The fourth-order valence-electron chi connectivity index (χ4n) is 1.12. The first-order valence-corrected chi connectivity index (χ1v) is 10.1. The lowest BCUT2D eigenvalue weighted by Crippen LogP contribution is -2.36. The van der Waals surface area contributed by atoms with Gasteiger partial charge in [0.25, 0.3) is 0 Å². The van der Waals surface area contributed by atoms with Gasteiger partial charge in [-0.15, -0.1) is 0 Å². The Morgan fingerprint density at radius 1 is 1.50 bits per heavy atom. The largest absolute Gasteiger partial charge is 0.360 e. The molecule has 0 aromatic heterocycles. The summed E-state index contributed by atoms with van der Waals surface area (Å²) < 4.78 is 6.53. The van der Waals surface area contributed by atoms with Crippen molar-refractivity contribution in [3.05, 3.63) is 21.9 Å². The van der Waals surface area contributed by atoms with Crippen molar-refractivity contribution in [2.24, 2.45) is 0 Å². The summed E-state index contributed by atoms with van der Waals surface area (Å²) in [6.07, 6.45) is 3.71. The zero-order valence-corrected chi connectivity index (χ0v) is 13.2. The summed E-state index contributed by atoms with van der Waals surface area (Å²) in [5.74, 6) is 0. The number of nitrogens with zero attached hydrogens (tertiary/aromatic N) is 1. The average Bonchev–Trinajstić information content (AvgIpc) is 2.09. The lowest BCUT2D eigenvalue weighted by molar-refractivity contribution is 0.0429. The van der Waals surface area contributed by atoms with Crippen LogP contribution in [-0.2, 0) is 4.74 Å². The monoisotopic (exact) mass is 324 g/mol. The van der Waals surface area contributed by atoms with Gasteiger partial charge in [-0.25, -0.2) is 0 Å². The van der Waals surface area contributed by atoms with Gasteiger partial charge >= 0.3 is 0 Å². The van der Waals surface area contributed by atoms with Crippen molar-refractivity contribution in [2.75, 3.05) is 13.3 Å². The van der Waals surface area contributed by atoms with Gasteiger partial charge in [-0.05, 0) is 28.1 Å². The molecule has 0 bridgehead atoms. The molecular weight excluding hydrogens is 308 g/mol. The molecule has 0 atom stereocenters. The molecule has 1 aliphatic heterocycles. The number of hydrazine groups is 1. The molecule has 0 aliphatic carbocycles. The Balaban J connectivity index is 2.22. The molecule has 3 nitrogen and oxygen atoms in total. The summed E-state index contributed by atoms with van der Waals surface area (Å²) in [4.78, 5) is 0. The third-order valence-electron chi connectivity index (χ3n) is 2.02. The third-order valence-corrected chi connectivity index (χ3v) is 4.35. The molecule has 1 heterocycles. The molecule has 0 amide bonds. The molecule has 0 spiro atoms. The molecule has 1 N–H and O–H groups in total. The highest BCUT2D eigenvalue weighted by Crippen LogP contribution is 2.17. The van der Waals surface area contributed by atoms with E-state index in [4.69, 9.17) is 16.3 Å². The molecule has 1 rings (SSSR count). The molecule has 92 valence electrons. The number of halogens is 2.